The van der Waals surface area contributed by atoms with Crippen LogP contribution in [-0.4, -0.2) is 33.1 Å². The van der Waals surface area contributed by atoms with Crippen molar-refractivity contribution in [3.63, 3.8) is 0 Å². The minimum atomic E-state index is -0.312. The van der Waals surface area contributed by atoms with Crippen LogP contribution in [0.1, 0.15) is 51.5 Å². The van der Waals surface area contributed by atoms with E-state index < -0.39 is 0 Å². The molecule has 0 aliphatic heterocycles. The van der Waals surface area contributed by atoms with E-state index in [9.17, 15) is 9.59 Å². The standard InChI is InChI=1S/C24H30O6/c1-14-10-15(2)23(17(4)25)16(3)19(14)13-30-22(26)9-8-18-11-20(27-5)24(29-7)21(12-18)28-6/h10-12H,8-9,13H2,1-7H3. The summed E-state index contributed by atoms with van der Waals surface area (Å²) in [7, 11) is 4.65. The molecule has 2 aromatic carbocycles. The highest BCUT2D eigenvalue weighted by Gasteiger charge is 2.17. The van der Waals surface area contributed by atoms with Gasteiger partial charge < -0.3 is 18.9 Å². The van der Waals surface area contributed by atoms with E-state index >= 15 is 0 Å². The molecule has 0 fully saturated rings. The van der Waals surface area contributed by atoms with Gasteiger partial charge >= 0.3 is 5.97 Å². The average molecular weight is 414 g/mol. The summed E-state index contributed by atoms with van der Waals surface area (Å²) in [4.78, 5) is 24.3. The van der Waals surface area contributed by atoms with Crippen molar-refractivity contribution in [2.45, 2.75) is 47.1 Å². The highest BCUT2D eigenvalue weighted by atomic mass is 16.5. The Labute approximate surface area is 178 Å². The lowest BCUT2D eigenvalue weighted by Gasteiger charge is -2.16. The van der Waals surface area contributed by atoms with Crippen LogP contribution >= 0.6 is 0 Å². The van der Waals surface area contributed by atoms with Crippen LogP contribution in [0.15, 0.2) is 18.2 Å². The van der Waals surface area contributed by atoms with Crippen molar-refractivity contribution in [2.75, 3.05) is 21.3 Å². The van der Waals surface area contributed by atoms with Gasteiger partial charge in [-0.2, -0.15) is 0 Å². The van der Waals surface area contributed by atoms with Gasteiger partial charge in [0, 0.05) is 12.0 Å². The van der Waals surface area contributed by atoms with E-state index in [2.05, 4.69) is 0 Å². The molecule has 0 aromatic heterocycles. The molecule has 0 unspecified atom stereocenters. The second kappa shape index (κ2) is 10.1. The van der Waals surface area contributed by atoms with E-state index in [1.54, 1.807) is 28.3 Å². The van der Waals surface area contributed by atoms with Gasteiger partial charge in [-0.3, -0.25) is 9.59 Å². The van der Waals surface area contributed by atoms with Gasteiger partial charge in [-0.15, -0.1) is 0 Å². The normalized spacial score (nSPS) is 10.5. The Balaban J connectivity index is 2.08. The van der Waals surface area contributed by atoms with Crippen molar-refractivity contribution in [3.8, 4) is 17.2 Å². The van der Waals surface area contributed by atoms with Gasteiger partial charge in [-0.25, -0.2) is 0 Å². The molecule has 6 nitrogen and oxygen atoms in total. The molecule has 0 aliphatic carbocycles. The maximum absolute atomic E-state index is 12.4. The molecule has 6 heteroatoms. The maximum atomic E-state index is 12.4. The van der Waals surface area contributed by atoms with Gasteiger partial charge in [0.25, 0.3) is 0 Å². The summed E-state index contributed by atoms with van der Waals surface area (Å²) >= 11 is 0. The second-order valence-electron chi connectivity index (χ2n) is 7.24. The number of Topliss-reactive ketones (excluding diaryl/α,β-unsaturated/α-hetero) is 1. The van der Waals surface area contributed by atoms with Crippen LogP contribution in [-0.2, 0) is 22.6 Å². The third kappa shape index (κ3) is 5.12. The van der Waals surface area contributed by atoms with Crippen molar-refractivity contribution in [1.29, 1.82) is 0 Å². The number of rotatable bonds is 9. The largest absolute Gasteiger partial charge is 0.493 e. The van der Waals surface area contributed by atoms with Crippen LogP contribution in [0.25, 0.3) is 0 Å². The summed E-state index contributed by atoms with van der Waals surface area (Å²) in [5, 5.41) is 0. The van der Waals surface area contributed by atoms with Crippen molar-refractivity contribution < 1.29 is 28.5 Å². The summed E-state index contributed by atoms with van der Waals surface area (Å²) in [5.41, 5.74) is 5.28. The highest BCUT2D eigenvalue weighted by molar-refractivity contribution is 5.97. The maximum Gasteiger partial charge on any atom is 0.306 e. The molecule has 0 bridgehead atoms. The number of aryl methyl sites for hydroxylation is 3. The number of carbonyl (C=O) groups excluding carboxylic acids is 2. The number of esters is 1. The summed E-state index contributed by atoms with van der Waals surface area (Å²) in [6.45, 7) is 7.48. The molecule has 30 heavy (non-hydrogen) atoms. The van der Waals surface area contributed by atoms with E-state index in [4.69, 9.17) is 18.9 Å². The monoisotopic (exact) mass is 414 g/mol. The molecule has 0 heterocycles. The van der Waals surface area contributed by atoms with E-state index in [0.717, 1.165) is 27.8 Å². The molecule has 2 aromatic rings. The minimum absolute atomic E-state index is 0.0139. The Morgan fingerprint density at radius 3 is 1.97 bits per heavy atom. The number of hydrogen-bond acceptors (Lipinski definition) is 6. The lowest BCUT2D eigenvalue weighted by Crippen LogP contribution is -2.11. The second-order valence-corrected chi connectivity index (χ2v) is 7.24. The Morgan fingerprint density at radius 2 is 1.47 bits per heavy atom. The van der Waals surface area contributed by atoms with Gasteiger partial charge in [-0.05, 0) is 74.1 Å². The zero-order valence-electron chi connectivity index (χ0n) is 18.8. The Bertz CT molecular complexity index is 920. The SMILES string of the molecule is COc1cc(CCC(=O)OCc2c(C)cc(C)c(C(C)=O)c2C)cc(OC)c1OC. The molecular weight excluding hydrogens is 384 g/mol. The van der Waals surface area contributed by atoms with E-state index in [-0.39, 0.29) is 24.8 Å². The topological polar surface area (TPSA) is 71.1 Å². The molecule has 2 rings (SSSR count). The fraction of sp³-hybridized carbons (Fsp3) is 0.417. The van der Waals surface area contributed by atoms with Crippen molar-refractivity contribution in [1.82, 2.24) is 0 Å². The molecule has 0 saturated carbocycles. The Hall–Kier alpha value is -3.02. The van der Waals surface area contributed by atoms with Gasteiger partial charge in [0.2, 0.25) is 5.75 Å². The smallest absolute Gasteiger partial charge is 0.306 e. The summed E-state index contributed by atoms with van der Waals surface area (Å²) in [5.74, 6) is 1.30. The molecule has 0 radical (unpaired) electrons. The third-order valence-corrected chi connectivity index (χ3v) is 5.20. The van der Waals surface area contributed by atoms with E-state index in [0.29, 0.717) is 29.2 Å². The molecular formula is C24H30O6. The lowest BCUT2D eigenvalue weighted by atomic mass is 9.92. The van der Waals surface area contributed by atoms with Crippen molar-refractivity contribution in [2.24, 2.45) is 0 Å². The number of methoxy groups -OCH3 is 3. The first kappa shape index (κ1) is 23.3. The Kier molecular flexibility index (Phi) is 7.86. The van der Waals surface area contributed by atoms with E-state index in [1.807, 2.05) is 39.0 Å². The summed E-state index contributed by atoms with van der Waals surface area (Å²) in [6.07, 6.45) is 0.683. The fourth-order valence-corrected chi connectivity index (χ4v) is 3.74. The number of hydrogen-bond donors (Lipinski definition) is 0. The quantitative estimate of drug-likeness (QED) is 0.444. The number of ketones is 1. The lowest BCUT2D eigenvalue weighted by molar-refractivity contribution is -0.144. The Morgan fingerprint density at radius 1 is 0.867 bits per heavy atom. The highest BCUT2D eigenvalue weighted by Crippen LogP contribution is 2.38. The van der Waals surface area contributed by atoms with Crippen LogP contribution in [0.3, 0.4) is 0 Å². The molecule has 0 saturated heterocycles. The molecule has 0 aliphatic rings. The number of benzene rings is 2. The van der Waals surface area contributed by atoms with Crippen LogP contribution in [0.2, 0.25) is 0 Å². The van der Waals surface area contributed by atoms with Gasteiger partial charge in [-0.1, -0.05) is 6.07 Å². The van der Waals surface area contributed by atoms with Crippen LogP contribution in [0.5, 0.6) is 17.2 Å². The molecule has 0 atom stereocenters. The first-order valence-corrected chi connectivity index (χ1v) is 9.78. The molecule has 0 spiro atoms. The first-order chi connectivity index (χ1) is 14.2. The number of carbonyl (C=O) groups is 2. The van der Waals surface area contributed by atoms with Crippen LogP contribution < -0.4 is 14.2 Å². The zero-order chi connectivity index (χ0) is 22.4. The van der Waals surface area contributed by atoms with Crippen molar-refractivity contribution >= 4 is 11.8 Å². The zero-order valence-corrected chi connectivity index (χ0v) is 18.8. The molecule has 0 amide bonds. The van der Waals surface area contributed by atoms with E-state index in [1.165, 1.54) is 0 Å². The van der Waals surface area contributed by atoms with Crippen LogP contribution in [0.4, 0.5) is 0 Å². The van der Waals surface area contributed by atoms with Crippen molar-refractivity contribution in [3.05, 3.63) is 51.6 Å². The summed E-state index contributed by atoms with van der Waals surface area (Å²) in [6, 6.07) is 5.60. The molecule has 0 N–H and O–H groups in total. The number of ether oxygens (including phenoxy) is 4. The predicted molar refractivity (Wildman–Crippen MR) is 115 cm³/mol. The minimum Gasteiger partial charge on any atom is -0.493 e. The third-order valence-electron chi connectivity index (χ3n) is 5.20. The average Bonchev–Trinajstić information content (AvgIpc) is 2.70. The summed E-state index contributed by atoms with van der Waals surface area (Å²) < 4.78 is 21.5. The van der Waals surface area contributed by atoms with Gasteiger partial charge in [0.1, 0.15) is 6.61 Å². The first-order valence-electron chi connectivity index (χ1n) is 9.78. The van der Waals surface area contributed by atoms with Crippen LogP contribution in [0, 0.1) is 20.8 Å². The fourth-order valence-electron chi connectivity index (χ4n) is 3.74. The van der Waals surface area contributed by atoms with Gasteiger partial charge in [0.05, 0.1) is 21.3 Å². The predicted octanol–water partition coefficient (Wildman–Crippen LogP) is 4.52. The van der Waals surface area contributed by atoms with Gasteiger partial charge in [0.15, 0.2) is 17.3 Å². The molecule has 162 valence electrons.